The molecule has 0 radical (unpaired) electrons. The number of amides is 1. The van der Waals surface area contributed by atoms with Crippen molar-refractivity contribution in [3.05, 3.63) is 100 Å². The van der Waals surface area contributed by atoms with E-state index in [2.05, 4.69) is 5.32 Å². The Labute approximate surface area is 236 Å². The highest BCUT2D eigenvalue weighted by Crippen LogP contribution is 2.38. The van der Waals surface area contributed by atoms with Gasteiger partial charge in [0, 0.05) is 6.07 Å². The minimum absolute atomic E-state index is 0.0151. The van der Waals surface area contributed by atoms with Crippen LogP contribution in [0.2, 0.25) is 0 Å². The smallest absolute Gasteiger partial charge is 0.449 e. The number of carbonyl (C=O) groups is 2. The zero-order valence-corrected chi connectivity index (χ0v) is 22.4. The van der Waals surface area contributed by atoms with E-state index in [0.29, 0.717) is 5.75 Å². The van der Waals surface area contributed by atoms with Gasteiger partial charge in [-0.25, -0.2) is 9.59 Å². The van der Waals surface area contributed by atoms with Crippen LogP contribution in [-0.2, 0) is 22.3 Å². The molecule has 1 atom stereocenters. The number of carbonyl (C=O) groups excluding carboxylic acids is 2. The lowest BCUT2D eigenvalue weighted by Gasteiger charge is -2.17. The van der Waals surface area contributed by atoms with Gasteiger partial charge in [0.25, 0.3) is 5.76 Å². The summed E-state index contributed by atoms with van der Waals surface area (Å²) in [6, 6.07) is 18.7. The number of hydrogen-bond donors (Lipinski definition) is 1. The molecule has 0 saturated heterocycles. The fraction of sp³-hybridized carbons (Fsp3) is 0.207. The van der Waals surface area contributed by atoms with E-state index in [0.717, 1.165) is 11.6 Å². The Morgan fingerprint density at radius 2 is 1.66 bits per heavy atom. The van der Waals surface area contributed by atoms with Gasteiger partial charge in [0.05, 0.1) is 5.39 Å². The van der Waals surface area contributed by atoms with Gasteiger partial charge < -0.3 is 23.9 Å². The number of esters is 1. The van der Waals surface area contributed by atoms with Gasteiger partial charge in [0.15, 0.2) is 0 Å². The molecule has 1 amide bonds. The number of hydrogen-bond acceptors (Lipinski definition) is 8. The molecule has 4 aromatic rings. The van der Waals surface area contributed by atoms with Crippen LogP contribution in [0.15, 0.2) is 88.1 Å². The number of halogens is 3. The van der Waals surface area contributed by atoms with E-state index in [9.17, 15) is 27.6 Å². The Bertz CT molecular complexity index is 1560. The van der Waals surface area contributed by atoms with Crippen molar-refractivity contribution in [1.82, 2.24) is 5.32 Å². The summed E-state index contributed by atoms with van der Waals surface area (Å²) in [6.07, 6.45) is -3.89. The number of rotatable bonds is 10. The maximum absolute atomic E-state index is 13.8. The summed E-state index contributed by atoms with van der Waals surface area (Å²) < 4.78 is 62.3. The Hall–Kier alpha value is -4.45. The molecule has 1 heterocycles. The summed E-state index contributed by atoms with van der Waals surface area (Å²) >= 11 is 1.43. The predicted molar refractivity (Wildman–Crippen MR) is 146 cm³/mol. The molecule has 0 saturated carbocycles. The molecule has 0 fully saturated rings. The van der Waals surface area contributed by atoms with E-state index in [1.807, 2.05) is 12.3 Å². The Kier molecular flexibility index (Phi) is 9.56. The van der Waals surface area contributed by atoms with Crippen LogP contribution >= 0.6 is 11.8 Å². The number of nitrogens with one attached hydrogen (secondary N) is 1. The van der Waals surface area contributed by atoms with Gasteiger partial charge in [-0.15, -0.1) is 0 Å². The molecule has 0 aliphatic carbocycles. The van der Waals surface area contributed by atoms with Gasteiger partial charge in [0.2, 0.25) is 11.2 Å². The normalized spacial score (nSPS) is 12.0. The zero-order chi connectivity index (χ0) is 29.4. The summed E-state index contributed by atoms with van der Waals surface area (Å²) in [5, 5.41) is 2.24. The Balaban J connectivity index is 1.55. The van der Waals surface area contributed by atoms with E-state index in [-0.39, 0.29) is 29.9 Å². The number of para-hydroxylation sites is 1. The third kappa shape index (κ3) is 7.82. The fourth-order valence-corrected chi connectivity index (χ4v) is 4.16. The van der Waals surface area contributed by atoms with E-state index < -0.39 is 46.8 Å². The lowest BCUT2D eigenvalue weighted by atomic mass is 10.2. The van der Waals surface area contributed by atoms with Crippen LogP contribution in [-0.4, -0.2) is 30.1 Å². The average Bonchev–Trinajstić information content (AvgIpc) is 2.96. The van der Waals surface area contributed by atoms with Crippen LogP contribution in [0.3, 0.4) is 0 Å². The minimum atomic E-state index is -5.06. The molecule has 8 nitrogen and oxygen atoms in total. The lowest BCUT2D eigenvalue weighted by Crippen LogP contribution is -2.43. The second-order valence-corrected chi connectivity index (χ2v) is 9.61. The first-order chi connectivity index (χ1) is 19.7. The SMILES string of the molecule is CSCC[C@@H](NC(=O)OCc1ccccc1)C(=O)Oc1ccc2c(=O)c(Oc3ccccc3)c(C(F)(F)F)oc2c1. The third-order valence-corrected chi connectivity index (χ3v) is 6.31. The van der Waals surface area contributed by atoms with Crippen molar-refractivity contribution in [2.75, 3.05) is 12.0 Å². The second-order valence-electron chi connectivity index (χ2n) is 8.62. The van der Waals surface area contributed by atoms with Crippen molar-refractivity contribution in [2.45, 2.75) is 25.2 Å². The number of benzene rings is 3. The number of fused-ring (bicyclic) bond motifs is 1. The molecule has 214 valence electrons. The molecule has 1 aromatic heterocycles. The third-order valence-electron chi connectivity index (χ3n) is 5.66. The summed E-state index contributed by atoms with van der Waals surface area (Å²) in [5.74, 6) is -3.22. The van der Waals surface area contributed by atoms with Gasteiger partial charge in [-0.05, 0) is 48.3 Å². The fourth-order valence-electron chi connectivity index (χ4n) is 3.68. The molecule has 41 heavy (non-hydrogen) atoms. The van der Waals surface area contributed by atoms with Crippen molar-refractivity contribution in [3.63, 3.8) is 0 Å². The van der Waals surface area contributed by atoms with Crippen LogP contribution in [0.5, 0.6) is 17.2 Å². The first-order valence-corrected chi connectivity index (χ1v) is 13.6. The predicted octanol–water partition coefficient (Wildman–Crippen LogP) is 6.56. The largest absolute Gasteiger partial charge is 0.453 e. The average molecular weight is 588 g/mol. The first-order valence-electron chi connectivity index (χ1n) is 12.2. The van der Waals surface area contributed by atoms with Crippen molar-refractivity contribution in [1.29, 1.82) is 0 Å². The quantitative estimate of drug-likeness (QED) is 0.164. The molecule has 4 rings (SSSR count). The van der Waals surface area contributed by atoms with Crippen molar-refractivity contribution in [3.8, 4) is 17.2 Å². The standard InChI is InChI=1S/C29H24F3NO7S/c1-41-15-14-22(33-28(36)37-17-18-8-4-2-5-9-18)27(35)39-20-12-13-21-23(16-20)40-26(29(30,31)32)25(24(21)34)38-19-10-6-3-7-11-19/h2-13,16,22H,14-15,17H2,1H3,(H,33,36)/t22-/m1/s1. The Morgan fingerprint density at radius 3 is 2.32 bits per heavy atom. The molecule has 1 N–H and O–H groups in total. The number of thioether (sulfide) groups is 1. The number of alkyl carbamates (subject to hydrolysis) is 1. The van der Waals surface area contributed by atoms with Crippen molar-refractivity contribution < 1.29 is 41.4 Å². The van der Waals surface area contributed by atoms with Gasteiger partial charge in [-0.3, -0.25) is 4.79 Å². The Morgan fingerprint density at radius 1 is 0.976 bits per heavy atom. The summed E-state index contributed by atoms with van der Waals surface area (Å²) in [4.78, 5) is 38.2. The zero-order valence-electron chi connectivity index (χ0n) is 21.6. The van der Waals surface area contributed by atoms with E-state index in [1.54, 1.807) is 30.3 Å². The van der Waals surface area contributed by atoms with Gasteiger partial charge in [0.1, 0.15) is 29.7 Å². The van der Waals surface area contributed by atoms with Gasteiger partial charge in [-0.2, -0.15) is 24.9 Å². The van der Waals surface area contributed by atoms with Crippen LogP contribution in [0, 0.1) is 0 Å². The summed E-state index contributed by atoms with van der Waals surface area (Å²) in [5.41, 5.74) is -0.774. The second kappa shape index (κ2) is 13.3. The van der Waals surface area contributed by atoms with Crippen LogP contribution in [0.4, 0.5) is 18.0 Å². The summed E-state index contributed by atoms with van der Waals surface area (Å²) in [6.45, 7) is -0.0157. The van der Waals surface area contributed by atoms with Crippen LogP contribution in [0.1, 0.15) is 17.7 Å². The molecule has 0 bridgehead atoms. The molecule has 3 aromatic carbocycles. The van der Waals surface area contributed by atoms with E-state index >= 15 is 0 Å². The maximum atomic E-state index is 13.8. The van der Waals surface area contributed by atoms with Crippen molar-refractivity contribution in [2.24, 2.45) is 0 Å². The highest BCUT2D eigenvalue weighted by atomic mass is 32.2. The monoisotopic (exact) mass is 587 g/mol. The highest BCUT2D eigenvalue weighted by molar-refractivity contribution is 7.98. The van der Waals surface area contributed by atoms with E-state index in [4.69, 9.17) is 18.6 Å². The lowest BCUT2D eigenvalue weighted by molar-refractivity contribution is -0.154. The molecule has 0 aliphatic heterocycles. The maximum Gasteiger partial charge on any atom is 0.453 e. The van der Waals surface area contributed by atoms with Crippen LogP contribution in [0.25, 0.3) is 11.0 Å². The minimum Gasteiger partial charge on any atom is -0.449 e. The van der Waals surface area contributed by atoms with Crippen LogP contribution < -0.4 is 20.2 Å². The highest BCUT2D eigenvalue weighted by Gasteiger charge is 2.40. The van der Waals surface area contributed by atoms with Crippen molar-refractivity contribution >= 4 is 34.8 Å². The van der Waals surface area contributed by atoms with Gasteiger partial charge >= 0.3 is 18.2 Å². The number of alkyl halides is 3. The molecular weight excluding hydrogens is 563 g/mol. The topological polar surface area (TPSA) is 104 Å². The summed E-state index contributed by atoms with van der Waals surface area (Å²) in [7, 11) is 0. The van der Waals surface area contributed by atoms with Gasteiger partial charge in [-0.1, -0.05) is 48.5 Å². The molecule has 0 unspecified atom stereocenters. The molecular formula is C29H24F3NO7S. The molecule has 12 heteroatoms. The first kappa shape index (κ1) is 29.5. The number of ether oxygens (including phenoxy) is 3. The molecule has 0 spiro atoms. The molecule has 0 aliphatic rings. The van der Waals surface area contributed by atoms with E-state index in [1.165, 1.54) is 48.2 Å².